The molecule has 1 N–H and O–H groups in total. The van der Waals surface area contributed by atoms with Gasteiger partial charge in [0.1, 0.15) is 0 Å². The summed E-state index contributed by atoms with van der Waals surface area (Å²) < 4.78 is 0. The average molecular weight is 201 g/mol. The SMILES string of the molecule is Cc1cnc2c(C)cc(C(=O)O)cc2c1. The van der Waals surface area contributed by atoms with Crippen LogP contribution in [0.15, 0.2) is 24.4 Å². The fourth-order valence-corrected chi connectivity index (χ4v) is 1.67. The van der Waals surface area contributed by atoms with Crippen molar-refractivity contribution < 1.29 is 9.90 Å². The Bertz CT molecular complexity index is 547. The van der Waals surface area contributed by atoms with Crippen molar-refractivity contribution in [1.82, 2.24) is 4.98 Å². The topological polar surface area (TPSA) is 50.2 Å². The van der Waals surface area contributed by atoms with E-state index in [-0.39, 0.29) is 0 Å². The first-order chi connectivity index (χ1) is 7.08. The second kappa shape index (κ2) is 3.35. The van der Waals surface area contributed by atoms with Crippen molar-refractivity contribution >= 4 is 16.9 Å². The molecule has 1 aromatic carbocycles. The minimum atomic E-state index is -0.901. The fraction of sp³-hybridized carbons (Fsp3) is 0.167. The van der Waals surface area contributed by atoms with Crippen molar-refractivity contribution in [1.29, 1.82) is 0 Å². The lowest BCUT2D eigenvalue weighted by Crippen LogP contribution is -1.97. The molecule has 0 aliphatic heterocycles. The molecule has 3 nitrogen and oxygen atoms in total. The molecule has 15 heavy (non-hydrogen) atoms. The molecule has 0 fully saturated rings. The summed E-state index contributed by atoms with van der Waals surface area (Å²) in [7, 11) is 0. The van der Waals surface area contributed by atoms with Gasteiger partial charge in [-0.2, -0.15) is 0 Å². The summed E-state index contributed by atoms with van der Waals surface area (Å²) in [6.07, 6.45) is 1.79. The number of hydrogen-bond donors (Lipinski definition) is 1. The number of aryl methyl sites for hydroxylation is 2. The van der Waals surface area contributed by atoms with Gasteiger partial charge in [0.05, 0.1) is 11.1 Å². The zero-order valence-electron chi connectivity index (χ0n) is 8.61. The van der Waals surface area contributed by atoms with Crippen LogP contribution in [0.4, 0.5) is 0 Å². The first-order valence-electron chi connectivity index (χ1n) is 4.68. The molecule has 0 atom stereocenters. The van der Waals surface area contributed by atoms with Crippen molar-refractivity contribution in [2.75, 3.05) is 0 Å². The van der Waals surface area contributed by atoms with E-state index in [2.05, 4.69) is 4.98 Å². The number of aromatic nitrogens is 1. The molecular weight excluding hydrogens is 190 g/mol. The van der Waals surface area contributed by atoms with Gasteiger partial charge in [0.25, 0.3) is 0 Å². The van der Waals surface area contributed by atoms with Gasteiger partial charge in [-0.05, 0) is 43.2 Å². The van der Waals surface area contributed by atoms with Gasteiger partial charge in [0, 0.05) is 11.6 Å². The quantitative estimate of drug-likeness (QED) is 0.771. The maximum Gasteiger partial charge on any atom is 0.335 e. The second-order valence-corrected chi connectivity index (χ2v) is 3.68. The summed E-state index contributed by atoms with van der Waals surface area (Å²) in [5.41, 5.74) is 3.10. The molecule has 0 aliphatic carbocycles. The van der Waals surface area contributed by atoms with E-state index in [1.165, 1.54) is 0 Å². The molecule has 0 amide bonds. The van der Waals surface area contributed by atoms with Gasteiger partial charge in [-0.1, -0.05) is 0 Å². The first-order valence-corrected chi connectivity index (χ1v) is 4.68. The Morgan fingerprint density at radius 3 is 2.67 bits per heavy atom. The summed E-state index contributed by atoms with van der Waals surface area (Å²) in [4.78, 5) is 15.1. The van der Waals surface area contributed by atoms with Crippen LogP contribution in [0.5, 0.6) is 0 Å². The average Bonchev–Trinajstić information content (AvgIpc) is 2.16. The predicted octanol–water partition coefficient (Wildman–Crippen LogP) is 2.55. The molecule has 2 rings (SSSR count). The van der Waals surface area contributed by atoms with Gasteiger partial charge < -0.3 is 5.11 Å². The van der Waals surface area contributed by atoms with E-state index in [1.54, 1.807) is 18.3 Å². The molecule has 1 aromatic heterocycles. The van der Waals surface area contributed by atoms with Gasteiger partial charge in [0.15, 0.2) is 0 Å². The predicted molar refractivity (Wildman–Crippen MR) is 58.2 cm³/mol. The molecule has 1 heterocycles. The third-order valence-corrected chi connectivity index (χ3v) is 2.36. The third kappa shape index (κ3) is 1.68. The van der Waals surface area contributed by atoms with E-state index in [9.17, 15) is 4.79 Å². The number of carboxylic acid groups (broad SMARTS) is 1. The van der Waals surface area contributed by atoms with E-state index in [4.69, 9.17) is 5.11 Å². The van der Waals surface area contributed by atoms with E-state index < -0.39 is 5.97 Å². The Labute approximate surface area is 87.4 Å². The number of pyridine rings is 1. The van der Waals surface area contributed by atoms with Gasteiger partial charge in [-0.3, -0.25) is 4.98 Å². The molecule has 0 spiro atoms. The lowest BCUT2D eigenvalue weighted by Gasteiger charge is -2.04. The Kier molecular flexibility index (Phi) is 2.15. The molecule has 0 bridgehead atoms. The minimum absolute atomic E-state index is 0.312. The van der Waals surface area contributed by atoms with Crippen molar-refractivity contribution in [3.05, 3.63) is 41.1 Å². The molecular formula is C12H11NO2. The Morgan fingerprint density at radius 2 is 2.00 bits per heavy atom. The van der Waals surface area contributed by atoms with Crippen molar-refractivity contribution in [2.45, 2.75) is 13.8 Å². The van der Waals surface area contributed by atoms with Gasteiger partial charge >= 0.3 is 5.97 Å². The Hall–Kier alpha value is -1.90. The number of rotatable bonds is 1. The first kappa shape index (κ1) is 9.65. The summed E-state index contributed by atoms with van der Waals surface area (Å²) in [5.74, 6) is -0.901. The zero-order chi connectivity index (χ0) is 11.0. The van der Waals surface area contributed by atoms with Gasteiger partial charge in [-0.15, -0.1) is 0 Å². The molecule has 76 valence electrons. The monoisotopic (exact) mass is 201 g/mol. The van der Waals surface area contributed by atoms with Gasteiger partial charge in [-0.25, -0.2) is 4.79 Å². The number of carbonyl (C=O) groups is 1. The number of aromatic carboxylic acids is 1. The molecule has 0 radical (unpaired) electrons. The Morgan fingerprint density at radius 1 is 1.27 bits per heavy atom. The number of fused-ring (bicyclic) bond motifs is 1. The van der Waals surface area contributed by atoms with Crippen LogP contribution >= 0.6 is 0 Å². The summed E-state index contributed by atoms with van der Waals surface area (Å²) in [6.45, 7) is 3.81. The minimum Gasteiger partial charge on any atom is -0.478 e. The largest absolute Gasteiger partial charge is 0.478 e. The van der Waals surface area contributed by atoms with Crippen LogP contribution in [-0.4, -0.2) is 16.1 Å². The molecule has 0 saturated heterocycles. The van der Waals surface area contributed by atoms with Crippen LogP contribution in [-0.2, 0) is 0 Å². The highest BCUT2D eigenvalue weighted by Gasteiger charge is 2.07. The second-order valence-electron chi connectivity index (χ2n) is 3.68. The van der Waals surface area contributed by atoms with Gasteiger partial charge in [0.2, 0.25) is 0 Å². The Balaban J connectivity index is 2.79. The molecule has 2 aromatic rings. The number of hydrogen-bond acceptors (Lipinski definition) is 2. The number of nitrogens with zero attached hydrogens (tertiary/aromatic N) is 1. The van der Waals surface area contributed by atoms with Crippen molar-refractivity contribution in [3.8, 4) is 0 Å². The lowest BCUT2D eigenvalue weighted by atomic mass is 10.1. The molecule has 0 unspecified atom stereocenters. The van der Waals surface area contributed by atoms with Crippen LogP contribution in [0, 0.1) is 13.8 Å². The molecule has 3 heteroatoms. The molecule has 0 aliphatic rings. The standard InChI is InChI=1S/C12H11NO2/c1-7-3-9-5-10(12(14)15)4-8(2)11(9)13-6-7/h3-6H,1-2H3,(H,14,15). The highest BCUT2D eigenvalue weighted by Crippen LogP contribution is 2.19. The smallest absolute Gasteiger partial charge is 0.335 e. The fourth-order valence-electron chi connectivity index (χ4n) is 1.67. The summed E-state index contributed by atoms with van der Waals surface area (Å²) in [6, 6.07) is 5.25. The third-order valence-electron chi connectivity index (χ3n) is 2.36. The van der Waals surface area contributed by atoms with E-state index in [1.807, 2.05) is 19.9 Å². The van der Waals surface area contributed by atoms with E-state index in [0.717, 1.165) is 22.0 Å². The van der Waals surface area contributed by atoms with Crippen molar-refractivity contribution in [3.63, 3.8) is 0 Å². The zero-order valence-corrected chi connectivity index (χ0v) is 8.61. The van der Waals surface area contributed by atoms with Crippen LogP contribution in [0.1, 0.15) is 21.5 Å². The molecule has 0 saturated carbocycles. The maximum absolute atomic E-state index is 10.9. The van der Waals surface area contributed by atoms with Crippen LogP contribution in [0.2, 0.25) is 0 Å². The summed E-state index contributed by atoms with van der Waals surface area (Å²) in [5, 5.41) is 9.80. The number of benzene rings is 1. The normalized spacial score (nSPS) is 10.5. The van der Waals surface area contributed by atoms with E-state index in [0.29, 0.717) is 5.56 Å². The number of carboxylic acids is 1. The van der Waals surface area contributed by atoms with E-state index >= 15 is 0 Å². The van der Waals surface area contributed by atoms with Crippen LogP contribution in [0.3, 0.4) is 0 Å². The highest BCUT2D eigenvalue weighted by atomic mass is 16.4. The van der Waals surface area contributed by atoms with Crippen LogP contribution < -0.4 is 0 Å². The highest BCUT2D eigenvalue weighted by molar-refractivity contribution is 5.94. The van der Waals surface area contributed by atoms with Crippen molar-refractivity contribution in [2.24, 2.45) is 0 Å². The lowest BCUT2D eigenvalue weighted by molar-refractivity contribution is 0.0697. The maximum atomic E-state index is 10.9. The summed E-state index contributed by atoms with van der Waals surface area (Å²) >= 11 is 0. The van der Waals surface area contributed by atoms with Crippen LogP contribution in [0.25, 0.3) is 10.9 Å².